The molecule has 0 saturated heterocycles. The molecule has 0 atom stereocenters. The van der Waals surface area contributed by atoms with Crippen molar-refractivity contribution in [2.75, 3.05) is 0 Å². The third-order valence-corrected chi connectivity index (χ3v) is 5.85. The van der Waals surface area contributed by atoms with Crippen LogP contribution in [0.2, 0.25) is 0 Å². The second-order valence-electron chi connectivity index (χ2n) is 8.05. The molecule has 0 N–H and O–H groups in total. The van der Waals surface area contributed by atoms with Gasteiger partial charge < -0.3 is 0 Å². The van der Waals surface area contributed by atoms with Crippen LogP contribution < -0.4 is 0 Å². The molecule has 2 aromatic carbocycles. The lowest BCUT2D eigenvalue weighted by molar-refractivity contribution is 0.584. The van der Waals surface area contributed by atoms with Gasteiger partial charge in [0.05, 0.1) is 9.79 Å². The van der Waals surface area contributed by atoms with Gasteiger partial charge in [0, 0.05) is 0 Å². The smallest absolute Gasteiger partial charge is 0.206 e. The van der Waals surface area contributed by atoms with E-state index in [9.17, 15) is 8.42 Å². The highest BCUT2D eigenvalue weighted by atomic mass is 32.2. The molecule has 2 rings (SSSR count). The summed E-state index contributed by atoms with van der Waals surface area (Å²) in [5.74, 6) is 0. The SMILES string of the molecule is CC(C)(C)c1ccc(S(=O)(=O)c2ccc(C(C)(C)C)cc2)cc1. The van der Waals surface area contributed by atoms with Crippen LogP contribution >= 0.6 is 0 Å². The fourth-order valence-corrected chi connectivity index (χ4v) is 3.67. The van der Waals surface area contributed by atoms with E-state index >= 15 is 0 Å². The van der Waals surface area contributed by atoms with Crippen molar-refractivity contribution in [3.63, 3.8) is 0 Å². The Kier molecular flexibility index (Phi) is 4.46. The highest BCUT2D eigenvalue weighted by Gasteiger charge is 2.21. The maximum Gasteiger partial charge on any atom is 0.206 e. The Labute approximate surface area is 140 Å². The number of benzene rings is 2. The van der Waals surface area contributed by atoms with E-state index in [1.54, 1.807) is 24.3 Å². The minimum atomic E-state index is -3.46. The van der Waals surface area contributed by atoms with E-state index in [0.29, 0.717) is 9.79 Å². The summed E-state index contributed by atoms with van der Waals surface area (Å²) >= 11 is 0. The van der Waals surface area contributed by atoms with E-state index in [0.717, 1.165) is 11.1 Å². The maximum atomic E-state index is 12.8. The summed E-state index contributed by atoms with van der Waals surface area (Å²) in [6, 6.07) is 14.4. The number of rotatable bonds is 2. The van der Waals surface area contributed by atoms with Crippen molar-refractivity contribution in [3.8, 4) is 0 Å². The largest absolute Gasteiger partial charge is 0.219 e. The molecule has 23 heavy (non-hydrogen) atoms. The Morgan fingerprint density at radius 3 is 1.04 bits per heavy atom. The van der Waals surface area contributed by atoms with E-state index in [1.807, 2.05) is 24.3 Å². The molecule has 3 heteroatoms. The molecule has 0 unspecified atom stereocenters. The van der Waals surface area contributed by atoms with Gasteiger partial charge in [-0.2, -0.15) is 0 Å². The van der Waals surface area contributed by atoms with Crippen molar-refractivity contribution in [1.29, 1.82) is 0 Å². The number of hydrogen-bond acceptors (Lipinski definition) is 2. The molecule has 0 spiro atoms. The summed E-state index contributed by atoms with van der Waals surface area (Å²) in [7, 11) is -3.46. The number of sulfone groups is 1. The highest BCUT2D eigenvalue weighted by Crippen LogP contribution is 2.28. The van der Waals surface area contributed by atoms with Crippen LogP contribution in [0.3, 0.4) is 0 Å². The van der Waals surface area contributed by atoms with E-state index in [-0.39, 0.29) is 10.8 Å². The third kappa shape index (κ3) is 3.84. The lowest BCUT2D eigenvalue weighted by Gasteiger charge is -2.20. The third-order valence-electron chi connectivity index (χ3n) is 4.06. The molecule has 0 aliphatic rings. The molecular formula is C20H26O2S. The minimum absolute atomic E-state index is 0.0106. The first kappa shape index (κ1) is 17.7. The maximum absolute atomic E-state index is 12.8. The molecule has 0 radical (unpaired) electrons. The van der Waals surface area contributed by atoms with Gasteiger partial charge in [0.1, 0.15) is 0 Å². The van der Waals surface area contributed by atoms with Gasteiger partial charge in [0.25, 0.3) is 0 Å². The molecule has 2 aromatic rings. The summed E-state index contributed by atoms with van der Waals surface area (Å²) in [4.78, 5) is 0.683. The molecule has 0 saturated carbocycles. The Balaban J connectivity index is 2.39. The monoisotopic (exact) mass is 330 g/mol. The topological polar surface area (TPSA) is 34.1 Å². The fraction of sp³-hybridized carbons (Fsp3) is 0.400. The lowest BCUT2D eigenvalue weighted by atomic mass is 9.87. The van der Waals surface area contributed by atoms with Crippen LogP contribution in [-0.4, -0.2) is 8.42 Å². The number of hydrogen-bond donors (Lipinski definition) is 0. The molecule has 0 aliphatic heterocycles. The summed E-state index contributed by atoms with van der Waals surface area (Å²) in [6.07, 6.45) is 0. The second-order valence-corrected chi connectivity index (χ2v) is 10.0. The van der Waals surface area contributed by atoms with E-state index in [2.05, 4.69) is 41.5 Å². The van der Waals surface area contributed by atoms with Gasteiger partial charge in [0.15, 0.2) is 0 Å². The average Bonchev–Trinajstić information content (AvgIpc) is 2.46. The van der Waals surface area contributed by atoms with Crippen LogP contribution in [0.5, 0.6) is 0 Å². The van der Waals surface area contributed by atoms with Gasteiger partial charge in [-0.1, -0.05) is 65.8 Å². The van der Waals surface area contributed by atoms with Gasteiger partial charge in [-0.05, 0) is 46.2 Å². The van der Waals surface area contributed by atoms with Crippen LogP contribution in [0, 0.1) is 0 Å². The van der Waals surface area contributed by atoms with Crippen LogP contribution in [0.4, 0.5) is 0 Å². The first-order valence-corrected chi connectivity index (χ1v) is 9.37. The van der Waals surface area contributed by atoms with Crippen molar-refractivity contribution >= 4 is 9.84 Å². The van der Waals surface area contributed by atoms with Gasteiger partial charge in [-0.3, -0.25) is 0 Å². The Hall–Kier alpha value is -1.61. The van der Waals surface area contributed by atoms with Gasteiger partial charge in [-0.15, -0.1) is 0 Å². The molecule has 2 nitrogen and oxygen atoms in total. The van der Waals surface area contributed by atoms with Crippen molar-refractivity contribution < 1.29 is 8.42 Å². The predicted octanol–water partition coefficient (Wildman–Crippen LogP) is 5.11. The fourth-order valence-electron chi connectivity index (χ4n) is 2.40. The van der Waals surface area contributed by atoms with Gasteiger partial charge >= 0.3 is 0 Å². The van der Waals surface area contributed by atoms with Crippen molar-refractivity contribution in [1.82, 2.24) is 0 Å². The first-order chi connectivity index (χ1) is 10.4. The normalized spacial score (nSPS) is 13.1. The minimum Gasteiger partial charge on any atom is -0.219 e. The summed E-state index contributed by atoms with van der Waals surface area (Å²) in [6.45, 7) is 12.7. The zero-order valence-electron chi connectivity index (χ0n) is 14.8. The quantitative estimate of drug-likeness (QED) is 0.766. The highest BCUT2D eigenvalue weighted by molar-refractivity contribution is 7.91. The van der Waals surface area contributed by atoms with Crippen LogP contribution in [0.25, 0.3) is 0 Å². The predicted molar refractivity (Wildman–Crippen MR) is 95.7 cm³/mol. The molecule has 0 heterocycles. The molecule has 0 bridgehead atoms. The van der Waals surface area contributed by atoms with E-state index < -0.39 is 9.84 Å². The molecule has 0 aliphatic carbocycles. The van der Waals surface area contributed by atoms with Crippen molar-refractivity contribution in [2.45, 2.75) is 62.2 Å². The van der Waals surface area contributed by atoms with Gasteiger partial charge in [0.2, 0.25) is 9.84 Å². The van der Waals surface area contributed by atoms with E-state index in [4.69, 9.17) is 0 Å². The molecule has 0 aromatic heterocycles. The van der Waals surface area contributed by atoms with Crippen LogP contribution in [-0.2, 0) is 20.7 Å². The van der Waals surface area contributed by atoms with E-state index in [1.165, 1.54) is 0 Å². The second kappa shape index (κ2) is 5.79. The Morgan fingerprint density at radius 2 is 0.826 bits per heavy atom. The zero-order chi connectivity index (χ0) is 17.5. The summed E-state index contributed by atoms with van der Waals surface area (Å²) in [5.41, 5.74) is 2.27. The standard InChI is InChI=1S/C20H26O2S/c1-19(2,3)15-7-11-17(12-8-15)23(21,22)18-13-9-16(10-14-18)20(4,5)6/h7-14H,1-6H3. The molecule has 0 fully saturated rings. The Morgan fingerprint density at radius 1 is 0.565 bits per heavy atom. The first-order valence-electron chi connectivity index (χ1n) is 7.88. The molecular weight excluding hydrogens is 304 g/mol. The van der Waals surface area contributed by atoms with Crippen LogP contribution in [0.15, 0.2) is 58.3 Å². The summed E-state index contributed by atoms with van der Waals surface area (Å²) < 4.78 is 25.5. The van der Waals surface area contributed by atoms with Gasteiger partial charge in [-0.25, -0.2) is 8.42 Å². The zero-order valence-corrected chi connectivity index (χ0v) is 15.7. The molecule has 124 valence electrons. The summed E-state index contributed by atoms with van der Waals surface area (Å²) in [5, 5.41) is 0. The Bertz CT molecular complexity index is 706. The van der Waals surface area contributed by atoms with Crippen LogP contribution in [0.1, 0.15) is 52.7 Å². The van der Waals surface area contributed by atoms with Crippen molar-refractivity contribution in [2.24, 2.45) is 0 Å². The average molecular weight is 330 g/mol. The lowest BCUT2D eigenvalue weighted by Crippen LogP contribution is -2.12. The van der Waals surface area contributed by atoms with Crippen molar-refractivity contribution in [3.05, 3.63) is 59.7 Å². The molecule has 0 amide bonds.